The van der Waals surface area contributed by atoms with Crippen LogP contribution < -0.4 is 5.32 Å². The third-order valence-corrected chi connectivity index (χ3v) is 5.48. The maximum absolute atomic E-state index is 12.4. The molecule has 0 unspecified atom stereocenters. The van der Waals surface area contributed by atoms with Crippen molar-refractivity contribution < 1.29 is 9.59 Å². The Balaban J connectivity index is 1.52. The number of carbonyl (C=O) groups is 2. The second kappa shape index (κ2) is 9.98. The van der Waals surface area contributed by atoms with Gasteiger partial charge in [0.25, 0.3) is 0 Å². The number of aromatic nitrogens is 3. The van der Waals surface area contributed by atoms with E-state index in [-0.39, 0.29) is 17.4 Å². The molecular formula is C25H20N4O2S. The number of hydrogen-bond donors (Lipinski definition) is 1. The van der Waals surface area contributed by atoms with Crippen molar-refractivity contribution in [2.45, 2.75) is 12.1 Å². The summed E-state index contributed by atoms with van der Waals surface area (Å²) in [4.78, 5) is 28.7. The first kappa shape index (κ1) is 21.4. The van der Waals surface area contributed by atoms with Crippen LogP contribution in [0.25, 0.3) is 22.5 Å². The van der Waals surface area contributed by atoms with E-state index >= 15 is 0 Å². The van der Waals surface area contributed by atoms with Crippen LogP contribution in [0.4, 0.5) is 5.69 Å². The second-order valence-corrected chi connectivity index (χ2v) is 7.94. The van der Waals surface area contributed by atoms with Crippen LogP contribution in [-0.4, -0.2) is 32.6 Å². The van der Waals surface area contributed by atoms with Gasteiger partial charge in [-0.05, 0) is 19.1 Å². The zero-order valence-corrected chi connectivity index (χ0v) is 18.2. The highest BCUT2D eigenvalue weighted by Crippen LogP contribution is 2.29. The molecule has 32 heavy (non-hydrogen) atoms. The second-order valence-electron chi connectivity index (χ2n) is 7.00. The van der Waals surface area contributed by atoms with Crippen molar-refractivity contribution in [1.82, 2.24) is 15.2 Å². The third kappa shape index (κ3) is 5.25. The van der Waals surface area contributed by atoms with Crippen molar-refractivity contribution in [3.8, 4) is 22.5 Å². The van der Waals surface area contributed by atoms with Gasteiger partial charge in [-0.15, -0.1) is 10.2 Å². The number of carbonyl (C=O) groups excluding carboxylic acids is 2. The number of benzene rings is 3. The molecule has 0 aliphatic rings. The molecule has 0 saturated heterocycles. The quantitative estimate of drug-likeness (QED) is 0.316. The van der Waals surface area contributed by atoms with Crippen LogP contribution in [0, 0.1) is 0 Å². The molecule has 4 rings (SSSR count). The highest BCUT2D eigenvalue weighted by atomic mass is 32.2. The predicted molar refractivity (Wildman–Crippen MR) is 126 cm³/mol. The topological polar surface area (TPSA) is 84.8 Å². The molecule has 1 N–H and O–H groups in total. The van der Waals surface area contributed by atoms with Crippen molar-refractivity contribution in [1.29, 1.82) is 0 Å². The molecule has 0 bridgehead atoms. The number of rotatable bonds is 7. The summed E-state index contributed by atoms with van der Waals surface area (Å²) in [5.41, 5.74) is 4.37. The first-order valence-corrected chi connectivity index (χ1v) is 11.0. The summed E-state index contributed by atoms with van der Waals surface area (Å²) < 4.78 is 0. The largest absolute Gasteiger partial charge is 0.325 e. The SMILES string of the molecule is CC(=O)c1cccc(NC(=O)CSc2nnc(-c3ccccc3)c(-c3ccccc3)n2)c1. The Kier molecular flexibility index (Phi) is 6.67. The number of thioether (sulfide) groups is 1. The van der Waals surface area contributed by atoms with Gasteiger partial charge in [0.1, 0.15) is 11.4 Å². The number of nitrogens with one attached hydrogen (secondary N) is 1. The van der Waals surface area contributed by atoms with E-state index in [1.807, 2.05) is 60.7 Å². The summed E-state index contributed by atoms with van der Waals surface area (Å²) in [6.45, 7) is 1.49. The summed E-state index contributed by atoms with van der Waals surface area (Å²) in [6.07, 6.45) is 0. The fourth-order valence-corrected chi connectivity index (χ4v) is 3.69. The minimum absolute atomic E-state index is 0.0538. The molecule has 0 aliphatic carbocycles. The molecule has 0 fully saturated rings. The summed E-state index contributed by atoms with van der Waals surface area (Å²) in [7, 11) is 0. The highest BCUT2D eigenvalue weighted by molar-refractivity contribution is 7.99. The first-order chi connectivity index (χ1) is 15.6. The minimum Gasteiger partial charge on any atom is -0.325 e. The van der Waals surface area contributed by atoms with E-state index in [1.165, 1.54) is 18.7 Å². The molecule has 1 amide bonds. The van der Waals surface area contributed by atoms with Gasteiger partial charge in [-0.25, -0.2) is 4.98 Å². The average Bonchev–Trinajstić information content (AvgIpc) is 2.84. The van der Waals surface area contributed by atoms with Gasteiger partial charge in [0, 0.05) is 22.4 Å². The third-order valence-electron chi connectivity index (χ3n) is 4.65. The van der Waals surface area contributed by atoms with Crippen LogP contribution in [-0.2, 0) is 4.79 Å². The van der Waals surface area contributed by atoms with Crippen LogP contribution in [0.2, 0.25) is 0 Å². The van der Waals surface area contributed by atoms with Crippen molar-refractivity contribution in [3.63, 3.8) is 0 Å². The van der Waals surface area contributed by atoms with E-state index < -0.39 is 0 Å². The monoisotopic (exact) mass is 440 g/mol. The van der Waals surface area contributed by atoms with Gasteiger partial charge < -0.3 is 5.32 Å². The number of ketones is 1. The van der Waals surface area contributed by atoms with Crippen LogP contribution in [0.5, 0.6) is 0 Å². The Bertz CT molecular complexity index is 1250. The van der Waals surface area contributed by atoms with Gasteiger partial charge in [0.15, 0.2) is 5.78 Å². The number of anilines is 1. The molecule has 158 valence electrons. The number of amides is 1. The lowest BCUT2D eigenvalue weighted by molar-refractivity contribution is -0.113. The predicted octanol–water partition coefficient (Wildman–Crippen LogP) is 5.14. The van der Waals surface area contributed by atoms with Crippen LogP contribution in [0.3, 0.4) is 0 Å². The zero-order valence-electron chi connectivity index (χ0n) is 17.4. The maximum atomic E-state index is 12.4. The van der Waals surface area contributed by atoms with E-state index in [2.05, 4.69) is 15.5 Å². The van der Waals surface area contributed by atoms with Crippen molar-refractivity contribution in [2.75, 3.05) is 11.1 Å². The lowest BCUT2D eigenvalue weighted by Crippen LogP contribution is -2.14. The number of Topliss-reactive ketones (excluding diaryl/α,β-unsaturated/α-hetero) is 1. The Morgan fingerprint density at radius 1 is 0.812 bits per heavy atom. The van der Waals surface area contributed by atoms with Gasteiger partial charge in [-0.3, -0.25) is 9.59 Å². The molecule has 1 heterocycles. The Labute approximate surface area is 190 Å². The number of nitrogens with zero attached hydrogens (tertiary/aromatic N) is 3. The summed E-state index contributed by atoms with van der Waals surface area (Å²) in [5.74, 6) is -0.153. The molecule has 3 aromatic carbocycles. The van der Waals surface area contributed by atoms with E-state index in [0.717, 1.165) is 11.1 Å². The Morgan fingerprint density at radius 2 is 1.47 bits per heavy atom. The Hall–Kier alpha value is -3.84. The summed E-state index contributed by atoms with van der Waals surface area (Å²) in [6, 6.07) is 26.4. The smallest absolute Gasteiger partial charge is 0.234 e. The standard InChI is InChI=1S/C25H20N4O2S/c1-17(30)20-13-8-14-21(15-20)26-22(31)16-32-25-27-23(18-9-4-2-5-10-18)24(28-29-25)19-11-6-3-7-12-19/h2-15H,16H2,1H3,(H,26,31). The zero-order chi connectivity index (χ0) is 22.3. The van der Waals surface area contributed by atoms with Gasteiger partial charge in [-0.1, -0.05) is 84.6 Å². The fraction of sp³-hybridized carbons (Fsp3) is 0.0800. The van der Waals surface area contributed by atoms with E-state index in [1.54, 1.807) is 24.3 Å². The van der Waals surface area contributed by atoms with Gasteiger partial charge in [0.2, 0.25) is 11.1 Å². The summed E-state index contributed by atoms with van der Waals surface area (Å²) >= 11 is 1.21. The van der Waals surface area contributed by atoms with Gasteiger partial charge in [0.05, 0.1) is 5.75 Å². The van der Waals surface area contributed by atoms with Crippen molar-refractivity contribution in [3.05, 3.63) is 90.5 Å². The first-order valence-electron chi connectivity index (χ1n) is 9.99. The molecule has 7 heteroatoms. The minimum atomic E-state index is -0.215. The van der Waals surface area contributed by atoms with E-state index in [0.29, 0.717) is 27.8 Å². The molecule has 6 nitrogen and oxygen atoms in total. The van der Waals surface area contributed by atoms with Gasteiger partial charge in [-0.2, -0.15) is 0 Å². The molecule has 0 saturated carbocycles. The molecule has 0 radical (unpaired) electrons. The normalized spacial score (nSPS) is 10.5. The molecule has 1 aromatic heterocycles. The molecule has 0 spiro atoms. The Morgan fingerprint density at radius 3 is 2.12 bits per heavy atom. The highest BCUT2D eigenvalue weighted by Gasteiger charge is 2.15. The van der Waals surface area contributed by atoms with E-state index in [4.69, 9.17) is 4.98 Å². The van der Waals surface area contributed by atoms with E-state index in [9.17, 15) is 9.59 Å². The lowest BCUT2D eigenvalue weighted by atomic mass is 10.0. The molecule has 0 atom stereocenters. The average molecular weight is 441 g/mol. The summed E-state index contributed by atoms with van der Waals surface area (Å²) in [5, 5.41) is 11.9. The van der Waals surface area contributed by atoms with Gasteiger partial charge >= 0.3 is 0 Å². The van der Waals surface area contributed by atoms with Crippen LogP contribution in [0.15, 0.2) is 90.1 Å². The molecule has 0 aliphatic heterocycles. The maximum Gasteiger partial charge on any atom is 0.234 e. The lowest BCUT2D eigenvalue weighted by Gasteiger charge is -2.10. The van der Waals surface area contributed by atoms with Crippen molar-refractivity contribution >= 4 is 29.1 Å². The number of hydrogen-bond acceptors (Lipinski definition) is 6. The van der Waals surface area contributed by atoms with Crippen molar-refractivity contribution in [2.24, 2.45) is 0 Å². The fourth-order valence-electron chi connectivity index (χ4n) is 3.10. The molecule has 4 aromatic rings. The van der Waals surface area contributed by atoms with Crippen LogP contribution in [0.1, 0.15) is 17.3 Å². The van der Waals surface area contributed by atoms with Crippen LogP contribution >= 0.6 is 11.8 Å². The molecular weight excluding hydrogens is 420 g/mol.